The highest BCUT2D eigenvalue weighted by Crippen LogP contribution is 2.39. The van der Waals surface area contributed by atoms with Gasteiger partial charge in [0.2, 0.25) is 0 Å². The smallest absolute Gasteiger partial charge is 0.164 e. The summed E-state index contributed by atoms with van der Waals surface area (Å²) in [6, 6.07) is 59.9. The molecule has 49 heavy (non-hydrogen) atoms. The zero-order valence-corrected chi connectivity index (χ0v) is 26.5. The van der Waals surface area contributed by atoms with Crippen LogP contribution in [0.4, 0.5) is 0 Å². The number of aromatic nitrogens is 4. The van der Waals surface area contributed by atoms with Crippen molar-refractivity contribution in [3.8, 4) is 39.9 Å². The second kappa shape index (κ2) is 11.0. The van der Waals surface area contributed by atoms with E-state index in [-0.39, 0.29) is 0 Å². The molecule has 0 aliphatic heterocycles. The van der Waals surface area contributed by atoms with Crippen LogP contribution in [0.25, 0.3) is 94.0 Å². The summed E-state index contributed by atoms with van der Waals surface area (Å²) in [6.45, 7) is 0. The Morgan fingerprint density at radius 1 is 0.306 bits per heavy atom. The minimum atomic E-state index is 0.638. The third-order valence-corrected chi connectivity index (χ3v) is 9.60. The SMILES string of the molecule is c1ccc(-c2nc(-c3ccccc3)nc(-c3cccc(-n4c5ccccc5c5cc6ccc7c8ccccc8ccc7c6cc54)c3)n2)cc1. The fourth-order valence-electron chi connectivity index (χ4n) is 7.29. The van der Waals surface area contributed by atoms with Crippen LogP contribution in [-0.4, -0.2) is 19.5 Å². The first-order valence-electron chi connectivity index (χ1n) is 16.5. The Labute approximate surface area is 282 Å². The van der Waals surface area contributed by atoms with Gasteiger partial charge in [-0.3, -0.25) is 0 Å². The molecule has 0 bridgehead atoms. The third-order valence-electron chi connectivity index (χ3n) is 9.60. The van der Waals surface area contributed by atoms with E-state index in [0.29, 0.717) is 17.5 Å². The average molecular weight is 625 g/mol. The van der Waals surface area contributed by atoms with Gasteiger partial charge in [0.15, 0.2) is 17.5 Å². The molecule has 2 aromatic heterocycles. The Balaban J connectivity index is 1.21. The summed E-state index contributed by atoms with van der Waals surface area (Å²) in [5.74, 6) is 1.94. The Hall–Kier alpha value is -6.65. The van der Waals surface area contributed by atoms with E-state index in [0.717, 1.165) is 33.4 Å². The number of para-hydroxylation sites is 1. The number of nitrogens with zero attached hydrogens (tertiary/aromatic N) is 4. The van der Waals surface area contributed by atoms with Crippen LogP contribution in [0.15, 0.2) is 170 Å². The molecule has 0 aliphatic carbocycles. The van der Waals surface area contributed by atoms with Gasteiger partial charge < -0.3 is 4.57 Å². The maximum atomic E-state index is 5.01. The number of hydrogen-bond acceptors (Lipinski definition) is 3. The molecular weight excluding hydrogens is 597 g/mol. The van der Waals surface area contributed by atoms with Crippen LogP contribution in [0, 0.1) is 0 Å². The van der Waals surface area contributed by atoms with E-state index in [9.17, 15) is 0 Å². The molecule has 0 spiro atoms. The second-order valence-electron chi connectivity index (χ2n) is 12.5. The zero-order chi connectivity index (χ0) is 32.3. The van der Waals surface area contributed by atoms with Gasteiger partial charge in [0.05, 0.1) is 11.0 Å². The first-order chi connectivity index (χ1) is 24.3. The van der Waals surface area contributed by atoms with Gasteiger partial charge in [-0.05, 0) is 62.6 Å². The van der Waals surface area contributed by atoms with Gasteiger partial charge >= 0.3 is 0 Å². The number of rotatable bonds is 4. The van der Waals surface area contributed by atoms with Crippen molar-refractivity contribution in [2.24, 2.45) is 0 Å². The third kappa shape index (κ3) is 4.49. The van der Waals surface area contributed by atoms with Gasteiger partial charge in [-0.15, -0.1) is 0 Å². The minimum absolute atomic E-state index is 0.638. The molecule has 0 fully saturated rings. The lowest BCUT2D eigenvalue weighted by atomic mass is 9.96. The van der Waals surface area contributed by atoms with Crippen molar-refractivity contribution in [1.29, 1.82) is 0 Å². The Bertz CT molecular complexity index is 2820. The Morgan fingerprint density at radius 2 is 0.878 bits per heavy atom. The van der Waals surface area contributed by atoms with Crippen molar-refractivity contribution >= 4 is 54.1 Å². The molecule has 10 aromatic rings. The second-order valence-corrected chi connectivity index (χ2v) is 12.5. The summed E-state index contributed by atoms with van der Waals surface area (Å²) >= 11 is 0. The van der Waals surface area contributed by atoms with E-state index in [1.807, 2.05) is 60.7 Å². The van der Waals surface area contributed by atoms with E-state index >= 15 is 0 Å². The molecule has 0 saturated heterocycles. The molecule has 8 aromatic carbocycles. The fraction of sp³-hybridized carbons (Fsp3) is 0. The highest BCUT2D eigenvalue weighted by molar-refractivity contribution is 6.21. The lowest BCUT2D eigenvalue weighted by Gasteiger charge is -2.12. The van der Waals surface area contributed by atoms with Gasteiger partial charge in [0.25, 0.3) is 0 Å². The quantitative estimate of drug-likeness (QED) is 0.183. The summed E-state index contributed by atoms with van der Waals surface area (Å²) < 4.78 is 2.38. The molecule has 0 unspecified atom stereocenters. The van der Waals surface area contributed by atoms with Gasteiger partial charge in [-0.1, -0.05) is 140 Å². The summed E-state index contributed by atoms with van der Waals surface area (Å²) in [6.07, 6.45) is 0. The van der Waals surface area contributed by atoms with Crippen molar-refractivity contribution in [3.05, 3.63) is 170 Å². The molecule has 0 radical (unpaired) electrons. The van der Waals surface area contributed by atoms with Gasteiger partial charge in [-0.2, -0.15) is 0 Å². The lowest BCUT2D eigenvalue weighted by molar-refractivity contribution is 1.07. The van der Waals surface area contributed by atoms with E-state index in [1.54, 1.807) is 0 Å². The predicted molar refractivity (Wildman–Crippen MR) is 203 cm³/mol. The highest BCUT2D eigenvalue weighted by Gasteiger charge is 2.17. The van der Waals surface area contributed by atoms with Crippen LogP contribution >= 0.6 is 0 Å². The predicted octanol–water partition coefficient (Wildman–Crippen LogP) is 11.4. The highest BCUT2D eigenvalue weighted by atomic mass is 15.0. The average Bonchev–Trinajstić information content (AvgIpc) is 3.50. The van der Waals surface area contributed by atoms with E-state index in [4.69, 9.17) is 15.0 Å². The summed E-state index contributed by atoms with van der Waals surface area (Å²) in [5.41, 5.74) is 6.21. The minimum Gasteiger partial charge on any atom is -0.309 e. The van der Waals surface area contributed by atoms with Crippen LogP contribution in [0.2, 0.25) is 0 Å². The fourth-order valence-corrected chi connectivity index (χ4v) is 7.29. The molecule has 4 nitrogen and oxygen atoms in total. The summed E-state index contributed by atoms with van der Waals surface area (Å²) in [4.78, 5) is 14.9. The molecule has 0 aliphatic rings. The maximum absolute atomic E-state index is 5.01. The molecule has 0 amide bonds. The van der Waals surface area contributed by atoms with Crippen molar-refractivity contribution < 1.29 is 0 Å². The van der Waals surface area contributed by atoms with Crippen molar-refractivity contribution in [2.45, 2.75) is 0 Å². The molecule has 0 atom stereocenters. The van der Waals surface area contributed by atoms with Gasteiger partial charge in [0.1, 0.15) is 0 Å². The van der Waals surface area contributed by atoms with Gasteiger partial charge in [0, 0.05) is 33.2 Å². The molecule has 228 valence electrons. The van der Waals surface area contributed by atoms with Crippen LogP contribution < -0.4 is 0 Å². The summed E-state index contributed by atoms with van der Waals surface area (Å²) in [7, 11) is 0. The molecular formula is C45H28N4. The van der Waals surface area contributed by atoms with Crippen LogP contribution in [-0.2, 0) is 0 Å². The molecule has 10 rings (SSSR count). The van der Waals surface area contributed by atoms with Crippen LogP contribution in [0.5, 0.6) is 0 Å². The monoisotopic (exact) mass is 624 g/mol. The molecule has 2 heterocycles. The van der Waals surface area contributed by atoms with Crippen LogP contribution in [0.1, 0.15) is 0 Å². The topological polar surface area (TPSA) is 43.6 Å². The lowest BCUT2D eigenvalue weighted by Crippen LogP contribution is -2.01. The number of fused-ring (bicyclic) bond motifs is 8. The van der Waals surface area contributed by atoms with Crippen molar-refractivity contribution in [1.82, 2.24) is 19.5 Å². The zero-order valence-electron chi connectivity index (χ0n) is 26.5. The first-order valence-corrected chi connectivity index (χ1v) is 16.5. The first kappa shape index (κ1) is 27.5. The normalized spacial score (nSPS) is 11.7. The van der Waals surface area contributed by atoms with E-state index < -0.39 is 0 Å². The van der Waals surface area contributed by atoms with Crippen molar-refractivity contribution in [3.63, 3.8) is 0 Å². The van der Waals surface area contributed by atoms with Crippen LogP contribution in [0.3, 0.4) is 0 Å². The Kier molecular flexibility index (Phi) is 6.15. The molecule has 0 saturated carbocycles. The molecule has 4 heteroatoms. The maximum Gasteiger partial charge on any atom is 0.164 e. The number of benzene rings is 8. The summed E-state index contributed by atoms with van der Waals surface area (Å²) in [5, 5.41) is 9.99. The van der Waals surface area contributed by atoms with Crippen molar-refractivity contribution in [2.75, 3.05) is 0 Å². The van der Waals surface area contributed by atoms with Gasteiger partial charge in [-0.25, -0.2) is 15.0 Å². The standard InChI is InChI=1S/C45H28N4/c1-3-13-30(14-4-1)43-46-44(31-15-5-2-6-16-31)48-45(47-43)33-17-11-18-34(26-33)49-41-21-10-9-20-38(41)40-27-32-23-25-36-35-19-8-7-12-29(35)22-24-37(36)39(32)28-42(40)49/h1-28H. The van der Waals surface area contributed by atoms with E-state index in [2.05, 4.69) is 114 Å². The number of hydrogen-bond donors (Lipinski definition) is 0. The molecule has 0 N–H and O–H groups in total. The largest absolute Gasteiger partial charge is 0.309 e. The Morgan fingerprint density at radius 3 is 1.61 bits per heavy atom. The van der Waals surface area contributed by atoms with E-state index in [1.165, 1.54) is 43.1 Å².